The molecule has 0 spiro atoms. The number of halogens is 1. The van der Waals surface area contributed by atoms with E-state index in [1.54, 1.807) is 18.3 Å². The molecule has 136 valence electrons. The third-order valence-electron chi connectivity index (χ3n) is 3.55. The van der Waals surface area contributed by atoms with Gasteiger partial charge in [0.2, 0.25) is 0 Å². The lowest BCUT2D eigenvalue weighted by atomic mass is 10.2. The van der Waals surface area contributed by atoms with Crippen LogP contribution >= 0.6 is 11.6 Å². The van der Waals surface area contributed by atoms with Gasteiger partial charge in [-0.2, -0.15) is 0 Å². The number of unbranched alkanes of at least 4 members (excludes halogenated alkanes) is 2. The van der Waals surface area contributed by atoms with Crippen LogP contribution in [0, 0.1) is 0 Å². The molecule has 0 aliphatic carbocycles. The van der Waals surface area contributed by atoms with Crippen LogP contribution in [0.15, 0.2) is 41.4 Å². The van der Waals surface area contributed by atoms with Gasteiger partial charge in [-0.25, -0.2) is 13.4 Å². The topological polar surface area (TPSA) is 80.3 Å². The lowest BCUT2D eigenvalue weighted by molar-refractivity contribution is 0.414. The van der Waals surface area contributed by atoms with Gasteiger partial charge in [0.15, 0.2) is 0 Å². The molecule has 0 unspecified atom stereocenters. The second kappa shape index (κ2) is 8.92. The van der Waals surface area contributed by atoms with Gasteiger partial charge in [-0.05, 0) is 36.8 Å². The fourth-order valence-corrected chi connectivity index (χ4v) is 3.53. The predicted molar refractivity (Wildman–Crippen MR) is 101 cm³/mol. The molecule has 25 heavy (non-hydrogen) atoms. The molecule has 2 rings (SSSR count). The number of ether oxygens (including phenoxy) is 1. The number of hydrogen-bond donors (Lipinski definition) is 2. The highest BCUT2D eigenvalue weighted by Crippen LogP contribution is 2.27. The van der Waals surface area contributed by atoms with Crippen molar-refractivity contribution < 1.29 is 13.2 Å². The molecule has 0 saturated carbocycles. The second-order valence-electron chi connectivity index (χ2n) is 5.47. The third-order valence-corrected chi connectivity index (χ3v) is 5.19. The van der Waals surface area contributed by atoms with Gasteiger partial charge in [-0.1, -0.05) is 31.4 Å². The van der Waals surface area contributed by atoms with E-state index in [1.807, 2.05) is 0 Å². The Balaban J connectivity index is 2.04. The van der Waals surface area contributed by atoms with E-state index in [4.69, 9.17) is 16.3 Å². The highest BCUT2D eigenvalue weighted by Gasteiger charge is 2.16. The third kappa shape index (κ3) is 5.51. The SMILES string of the molecule is CCCCCNc1ccc(NS(=O)(=O)c2ccc(OC)c(Cl)c2)nc1. The molecule has 6 nitrogen and oxygen atoms in total. The number of methoxy groups -OCH3 is 1. The van der Waals surface area contributed by atoms with Crippen LogP contribution < -0.4 is 14.8 Å². The Morgan fingerprint density at radius 3 is 2.60 bits per heavy atom. The van der Waals surface area contributed by atoms with E-state index in [-0.39, 0.29) is 15.7 Å². The number of aromatic nitrogens is 1. The Morgan fingerprint density at radius 1 is 1.20 bits per heavy atom. The van der Waals surface area contributed by atoms with Gasteiger partial charge in [-0.15, -0.1) is 0 Å². The summed E-state index contributed by atoms with van der Waals surface area (Å²) in [7, 11) is -2.30. The van der Waals surface area contributed by atoms with Crippen molar-refractivity contribution in [3.63, 3.8) is 0 Å². The minimum Gasteiger partial charge on any atom is -0.495 e. The molecule has 8 heteroatoms. The molecule has 1 aromatic heterocycles. The monoisotopic (exact) mass is 383 g/mol. The van der Waals surface area contributed by atoms with Gasteiger partial charge in [-0.3, -0.25) is 4.72 Å². The average Bonchev–Trinajstić information content (AvgIpc) is 2.60. The quantitative estimate of drug-likeness (QED) is 0.636. The van der Waals surface area contributed by atoms with E-state index in [0.29, 0.717) is 5.75 Å². The maximum absolute atomic E-state index is 12.4. The summed E-state index contributed by atoms with van der Waals surface area (Å²) in [6.45, 7) is 3.02. The van der Waals surface area contributed by atoms with Crippen molar-refractivity contribution in [2.45, 2.75) is 31.1 Å². The molecule has 2 N–H and O–H groups in total. The van der Waals surface area contributed by atoms with E-state index in [1.165, 1.54) is 31.7 Å². The average molecular weight is 384 g/mol. The first kappa shape index (κ1) is 19.3. The summed E-state index contributed by atoms with van der Waals surface area (Å²) in [6.07, 6.45) is 5.02. The number of rotatable bonds is 9. The molecule has 0 saturated heterocycles. The summed E-state index contributed by atoms with van der Waals surface area (Å²) in [5, 5.41) is 3.48. The number of hydrogen-bond acceptors (Lipinski definition) is 5. The standard InChI is InChI=1S/C17H22ClN3O3S/c1-3-4-5-10-19-13-6-9-17(20-12-13)21-25(22,23)14-7-8-16(24-2)15(18)11-14/h6-9,11-12,19H,3-5,10H2,1-2H3,(H,20,21). The van der Waals surface area contributed by atoms with Crippen LogP contribution in [-0.2, 0) is 10.0 Å². The smallest absolute Gasteiger partial charge is 0.263 e. The van der Waals surface area contributed by atoms with Crippen molar-refractivity contribution in [1.82, 2.24) is 4.98 Å². The summed E-state index contributed by atoms with van der Waals surface area (Å²) in [4.78, 5) is 4.18. The number of nitrogens with one attached hydrogen (secondary N) is 2. The Hall–Kier alpha value is -1.99. The van der Waals surface area contributed by atoms with Gasteiger partial charge >= 0.3 is 0 Å². The van der Waals surface area contributed by atoms with E-state index >= 15 is 0 Å². The number of pyridine rings is 1. The largest absolute Gasteiger partial charge is 0.495 e. The molecule has 0 fully saturated rings. The zero-order valence-corrected chi connectivity index (χ0v) is 15.8. The molecular weight excluding hydrogens is 362 g/mol. The summed E-state index contributed by atoms with van der Waals surface area (Å²) < 4.78 is 32.3. The van der Waals surface area contributed by atoms with Gasteiger partial charge in [0.25, 0.3) is 10.0 Å². The van der Waals surface area contributed by atoms with Crippen LogP contribution in [0.3, 0.4) is 0 Å². The number of anilines is 2. The first-order chi connectivity index (χ1) is 12.0. The molecule has 2 aromatic rings. The zero-order chi connectivity index (χ0) is 18.3. The molecule has 1 aromatic carbocycles. The maximum atomic E-state index is 12.4. The van der Waals surface area contributed by atoms with E-state index in [0.717, 1.165) is 25.1 Å². The lowest BCUT2D eigenvalue weighted by Gasteiger charge is -2.10. The van der Waals surface area contributed by atoms with E-state index in [2.05, 4.69) is 21.9 Å². The molecule has 0 bridgehead atoms. The van der Waals surface area contributed by atoms with E-state index in [9.17, 15) is 8.42 Å². The van der Waals surface area contributed by atoms with Gasteiger partial charge in [0.05, 0.1) is 28.9 Å². The Kier molecular flexibility index (Phi) is 6.90. The van der Waals surface area contributed by atoms with Gasteiger partial charge in [0, 0.05) is 6.54 Å². The highest BCUT2D eigenvalue weighted by atomic mass is 35.5. The van der Waals surface area contributed by atoms with Crippen molar-refractivity contribution in [2.75, 3.05) is 23.7 Å². The molecule has 0 radical (unpaired) electrons. The van der Waals surface area contributed by atoms with Crippen LogP contribution in [0.25, 0.3) is 0 Å². The van der Waals surface area contributed by atoms with E-state index < -0.39 is 10.0 Å². The fourth-order valence-electron chi connectivity index (χ4n) is 2.18. The van der Waals surface area contributed by atoms with Crippen LogP contribution in [0.5, 0.6) is 5.75 Å². The molecule has 0 aliphatic rings. The van der Waals surface area contributed by atoms with Crippen molar-refractivity contribution in [2.24, 2.45) is 0 Å². The Bertz CT molecular complexity index is 795. The molecule has 0 atom stereocenters. The van der Waals surface area contributed by atoms with Crippen molar-refractivity contribution in [3.05, 3.63) is 41.6 Å². The van der Waals surface area contributed by atoms with Crippen molar-refractivity contribution >= 4 is 33.1 Å². The minimum atomic E-state index is -3.77. The minimum absolute atomic E-state index is 0.0434. The summed E-state index contributed by atoms with van der Waals surface area (Å²) in [5.74, 6) is 0.656. The second-order valence-corrected chi connectivity index (χ2v) is 7.56. The summed E-state index contributed by atoms with van der Waals surface area (Å²) in [5.41, 5.74) is 0.853. The molecule has 1 heterocycles. The van der Waals surface area contributed by atoms with Gasteiger partial charge in [0.1, 0.15) is 11.6 Å². The molecule has 0 amide bonds. The maximum Gasteiger partial charge on any atom is 0.263 e. The van der Waals surface area contributed by atoms with Gasteiger partial charge < -0.3 is 10.1 Å². The first-order valence-corrected chi connectivity index (χ1v) is 9.88. The number of nitrogens with zero attached hydrogens (tertiary/aromatic N) is 1. The summed E-state index contributed by atoms with van der Waals surface area (Å²) in [6, 6.07) is 7.68. The predicted octanol–water partition coefficient (Wildman–Crippen LogP) is 4.15. The number of benzene rings is 1. The lowest BCUT2D eigenvalue weighted by Crippen LogP contribution is -2.14. The zero-order valence-electron chi connectivity index (χ0n) is 14.3. The summed E-state index contributed by atoms with van der Waals surface area (Å²) >= 11 is 5.99. The van der Waals surface area contributed by atoms with Crippen LogP contribution in [0.2, 0.25) is 5.02 Å². The van der Waals surface area contributed by atoms with Crippen LogP contribution in [0.4, 0.5) is 11.5 Å². The first-order valence-electron chi connectivity index (χ1n) is 8.02. The van der Waals surface area contributed by atoms with Crippen LogP contribution in [-0.4, -0.2) is 27.1 Å². The Labute approximate surface area is 153 Å². The van der Waals surface area contributed by atoms with Crippen LogP contribution in [0.1, 0.15) is 26.2 Å². The fraction of sp³-hybridized carbons (Fsp3) is 0.353. The van der Waals surface area contributed by atoms with Crippen molar-refractivity contribution in [1.29, 1.82) is 0 Å². The Morgan fingerprint density at radius 2 is 2.00 bits per heavy atom. The normalized spacial score (nSPS) is 11.2. The molecular formula is C17H22ClN3O3S. The number of sulfonamides is 1. The van der Waals surface area contributed by atoms with Crippen molar-refractivity contribution in [3.8, 4) is 5.75 Å². The molecule has 0 aliphatic heterocycles. The highest BCUT2D eigenvalue weighted by molar-refractivity contribution is 7.92.